The molecule has 0 saturated heterocycles. The fourth-order valence-corrected chi connectivity index (χ4v) is 2.33. The number of nitrogens with one attached hydrogen (secondary N) is 2. The van der Waals surface area contributed by atoms with E-state index in [1.54, 1.807) is 32.8 Å². The summed E-state index contributed by atoms with van der Waals surface area (Å²) in [5, 5.41) is 14.3. The molecule has 3 rings (SSSR count). The lowest BCUT2D eigenvalue weighted by atomic mass is 10.2. The molecule has 2 aromatic heterocycles. The Labute approximate surface area is 151 Å². The average Bonchev–Trinajstić information content (AvgIpc) is 2.71. The molecule has 26 heavy (non-hydrogen) atoms. The molecular formula is C18H20N6O2. The second kappa shape index (κ2) is 8.61. The molecule has 134 valence electrons. The van der Waals surface area contributed by atoms with Gasteiger partial charge in [0.05, 0.1) is 20.4 Å². The Hall–Kier alpha value is -3.42. The van der Waals surface area contributed by atoms with Gasteiger partial charge in [0.25, 0.3) is 0 Å². The number of aromatic nitrogens is 4. The largest absolute Gasteiger partial charge is 0.493 e. The summed E-state index contributed by atoms with van der Waals surface area (Å²) in [7, 11) is 3.22. The highest BCUT2D eigenvalue weighted by atomic mass is 16.5. The van der Waals surface area contributed by atoms with Crippen molar-refractivity contribution in [1.82, 2.24) is 20.2 Å². The minimum Gasteiger partial charge on any atom is -0.493 e. The molecule has 0 fully saturated rings. The van der Waals surface area contributed by atoms with E-state index in [-0.39, 0.29) is 0 Å². The van der Waals surface area contributed by atoms with Gasteiger partial charge in [-0.3, -0.25) is 4.98 Å². The van der Waals surface area contributed by atoms with E-state index in [4.69, 9.17) is 9.47 Å². The third kappa shape index (κ3) is 4.56. The van der Waals surface area contributed by atoms with E-state index in [2.05, 4.69) is 30.8 Å². The zero-order chi connectivity index (χ0) is 18.2. The first kappa shape index (κ1) is 17.4. The van der Waals surface area contributed by atoms with Crippen LogP contribution in [0.15, 0.2) is 48.9 Å². The summed E-state index contributed by atoms with van der Waals surface area (Å²) in [6.07, 6.45) is 5.13. The molecule has 0 aliphatic carbocycles. The third-order valence-electron chi connectivity index (χ3n) is 3.65. The number of benzene rings is 1. The van der Waals surface area contributed by atoms with Gasteiger partial charge >= 0.3 is 0 Å². The fourth-order valence-electron chi connectivity index (χ4n) is 2.33. The van der Waals surface area contributed by atoms with Crippen molar-refractivity contribution in [3.05, 3.63) is 60.0 Å². The fraction of sp³-hybridized carbons (Fsp3) is 0.222. The molecule has 8 nitrogen and oxygen atoms in total. The highest BCUT2D eigenvalue weighted by molar-refractivity contribution is 5.44. The van der Waals surface area contributed by atoms with Crippen LogP contribution in [0, 0.1) is 0 Å². The standard InChI is InChI=1S/C18H20N6O2/c1-25-15-6-5-13(8-16(15)26-2)10-21-18-23-17(12-22-24-18)20-11-14-4-3-7-19-9-14/h3-9,12H,10-11H2,1-2H3,(H2,20,21,23,24). The van der Waals surface area contributed by atoms with Crippen molar-refractivity contribution in [1.29, 1.82) is 0 Å². The molecule has 2 heterocycles. The van der Waals surface area contributed by atoms with Crippen LogP contribution in [0.25, 0.3) is 0 Å². The van der Waals surface area contributed by atoms with Crippen molar-refractivity contribution in [3.8, 4) is 11.5 Å². The molecule has 0 aliphatic heterocycles. The molecule has 0 radical (unpaired) electrons. The van der Waals surface area contributed by atoms with E-state index >= 15 is 0 Å². The molecule has 0 unspecified atom stereocenters. The van der Waals surface area contributed by atoms with Crippen molar-refractivity contribution in [2.45, 2.75) is 13.1 Å². The molecule has 0 spiro atoms. The summed E-state index contributed by atoms with van der Waals surface area (Å²) < 4.78 is 10.6. The number of pyridine rings is 1. The van der Waals surface area contributed by atoms with Gasteiger partial charge in [-0.05, 0) is 29.3 Å². The van der Waals surface area contributed by atoms with E-state index < -0.39 is 0 Å². The predicted molar refractivity (Wildman–Crippen MR) is 98.3 cm³/mol. The van der Waals surface area contributed by atoms with Gasteiger partial charge in [0, 0.05) is 25.5 Å². The number of anilines is 2. The van der Waals surface area contributed by atoms with E-state index in [0.29, 0.717) is 36.4 Å². The lowest BCUT2D eigenvalue weighted by molar-refractivity contribution is 0.354. The Morgan fingerprint density at radius 1 is 0.923 bits per heavy atom. The van der Waals surface area contributed by atoms with Crippen molar-refractivity contribution in [2.24, 2.45) is 0 Å². The number of ether oxygens (including phenoxy) is 2. The minimum atomic E-state index is 0.441. The maximum absolute atomic E-state index is 5.31. The van der Waals surface area contributed by atoms with Gasteiger partial charge < -0.3 is 20.1 Å². The first-order chi connectivity index (χ1) is 12.8. The van der Waals surface area contributed by atoms with Gasteiger partial charge in [0.2, 0.25) is 5.95 Å². The van der Waals surface area contributed by atoms with Crippen molar-refractivity contribution < 1.29 is 9.47 Å². The van der Waals surface area contributed by atoms with Crippen molar-refractivity contribution >= 4 is 11.8 Å². The van der Waals surface area contributed by atoms with Gasteiger partial charge in [0.15, 0.2) is 17.3 Å². The van der Waals surface area contributed by atoms with Crippen molar-refractivity contribution in [2.75, 3.05) is 24.9 Å². The Balaban J connectivity index is 1.60. The zero-order valence-electron chi connectivity index (χ0n) is 14.6. The summed E-state index contributed by atoms with van der Waals surface area (Å²) in [6, 6.07) is 9.60. The summed E-state index contributed by atoms with van der Waals surface area (Å²) in [6.45, 7) is 1.15. The predicted octanol–water partition coefficient (Wildman–Crippen LogP) is 2.51. The van der Waals surface area contributed by atoms with Gasteiger partial charge in [-0.1, -0.05) is 12.1 Å². The van der Waals surface area contributed by atoms with Crippen LogP contribution in [-0.4, -0.2) is 34.4 Å². The first-order valence-electron chi connectivity index (χ1n) is 8.06. The summed E-state index contributed by atoms with van der Waals surface area (Å²) >= 11 is 0. The molecule has 8 heteroatoms. The van der Waals surface area contributed by atoms with E-state index in [9.17, 15) is 0 Å². The molecule has 3 aromatic rings. The second-order valence-corrected chi connectivity index (χ2v) is 5.42. The van der Waals surface area contributed by atoms with E-state index in [0.717, 1.165) is 11.1 Å². The van der Waals surface area contributed by atoms with Crippen LogP contribution in [0.5, 0.6) is 11.5 Å². The monoisotopic (exact) mass is 352 g/mol. The normalized spacial score (nSPS) is 10.2. The number of rotatable bonds is 8. The highest BCUT2D eigenvalue weighted by Crippen LogP contribution is 2.27. The van der Waals surface area contributed by atoms with Crippen LogP contribution in [-0.2, 0) is 13.1 Å². The summed E-state index contributed by atoms with van der Waals surface area (Å²) in [5.41, 5.74) is 2.07. The molecule has 0 aliphatic rings. The van der Waals surface area contributed by atoms with Gasteiger partial charge in [-0.2, -0.15) is 10.1 Å². The van der Waals surface area contributed by atoms with Gasteiger partial charge in [0.1, 0.15) is 0 Å². The number of methoxy groups -OCH3 is 2. The van der Waals surface area contributed by atoms with Gasteiger partial charge in [-0.15, -0.1) is 5.10 Å². The first-order valence-corrected chi connectivity index (χ1v) is 8.06. The Morgan fingerprint density at radius 3 is 2.54 bits per heavy atom. The topological polar surface area (TPSA) is 94.1 Å². The quantitative estimate of drug-likeness (QED) is 0.639. The number of nitrogens with zero attached hydrogens (tertiary/aromatic N) is 4. The SMILES string of the molecule is COc1ccc(CNc2nncc(NCc3cccnc3)n2)cc1OC. The van der Waals surface area contributed by atoms with Crippen LogP contribution >= 0.6 is 0 Å². The highest BCUT2D eigenvalue weighted by Gasteiger charge is 2.06. The van der Waals surface area contributed by atoms with Crippen LogP contribution < -0.4 is 20.1 Å². The molecular weight excluding hydrogens is 332 g/mol. The Morgan fingerprint density at radius 2 is 1.77 bits per heavy atom. The molecule has 0 amide bonds. The molecule has 0 saturated carbocycles. The molecule has 1 aromatic carbocycles. The van der Waals surface area contributed by atoms with Crippen molar-refractivity contribution in [3.63, 3.8) is 0 Å². The smallest absolute Gasteiger partial charge is 0.244 e. The maximum atomic E-state index is 5.31. The van der Waals surface area contributed by atoms with E-state index in [1.165, 1.54) is 0 Å². The minimum absolute atomic E-state index is 0.441. The Kier molecular flexibility index (Phi) is 5.76. The van der Waals surface area contributed by atoms with Crippen LogP contribution in [0.2, 0.25) is 0 Å². The number of hydrogen-bond acceptors (Lipinski definition) is 8. The zero-order valence-corrected chi connectivity index (χ0v) is 14.6. The summed E-state index contributed by atoms with van der Waals surface area (Å²) in [5.74, 6) is 2.45. The molecule has 2 N–H and O–H groups in total. The van der Waals surface area contributed by atoms with Crippen LogP contribution in [0.4, 0.5) is 11.8 Å². The summed E-state index contributed by atoms with van der Waals surface area (Å²) in [4.78, 5) is 8.49. The van der Waals surface area contributed by atoms with Gasteiger partial charge in [-0.25, -0.2) is 0 Å². The third-order valence-corrected chi connectivity index (χ3v) is 3.65. The number of hydrogen-bond donors (Lipinski definition) is 2. The maximum Gasteiger partial charge on any atom is 0.244 e. The second-order valence-electron chi connectivity index (χ2n) is 5.42. The average molecular weight is 352 g/mol. The lowest BCUT2D eigenvalue weighted by Crippen LogP contribution is -2.08. The Bertz CT molecular complexity index is 844. The molecule has 0 bridgehead atoms. The van der Waals surface area contributed by atoms with Crippen LogP contribution in [0.3, 0.4) is 0 Å². The molecule has 0 atom stereocenters. The lowest BCUT2D eigenvalue weighted by Gasteiger charge is -2.10. The van der Waals surface area contributed by atoms with Crippen LogP contribution in [0.1, 0.15) is 11.1 Å². The van der Waals surface area contributed by atoms with E-state index in [1.807, 2.05) is 30.3 Å².